The summed E-state index contributed by atoms with van der Waals surface area (Å²) in [5.41, 5.74) is 0.715. The van der Waals surface area contributed by atoms with E-state index in [0.29, 0.717) is 24.1 Å². The molecule has 1 aromatic rings. The summed E-state index contributed by atoms with van der Waals surface area (Å²) in [6.07, 6.45) is 1.24. The quantitative estimate of drug-likeness (QED) is 0.883. The number of nitrogens with one attached hydrogen (secondary N) is 1. The summed E-state index contributed by atoms with van der Waals surface area (Å²) in [5.74, 6) is -1.33. The van der Waals surface area contributed by atoms with Crippen molar-refractivity contribution in [2.75, 3.05) is 13.6 Å². The first-order valence-electron chi connectivity index (χ1n) is 7.30. The lowest BCUT2D eigenvalue weighted by atomic mass is 9.91. The van der Waals surface area contributed by atoms with E-state index in [4.69, 9.17) is 0 Å². The average molecular weight is 304 g/mol. The van der Waals surface area contributed by atoms with Crippen molar-refractivity contribution in [3.8, 4) is 0 Å². The molecule has 0 radical (unpaired) electrons. The van der Waals surface area contributed by atoms with Gasteiger partial charge in [-0.1, -0.05) is 13.0 Å². The van der Waals surface area contributed by atoms with Gasteiger partial charge in [-0.2, -0.15) is 0 Å². The molecule has 0 spiro atoms. The lowest BCUT2D eigenvalue weighted by Gasteiger charge is -2.36. The predicted molar refractivity (Wildman–Crippen MR) is 80.7 cm³/mol. The van der Waals surface area contributed by atoms with Crippen LogP contribution in [0, 0.1) is 5.92 Å². The number of aliphatic carboxylic acids is 1. The van der Waals surface area contributed by atoms with Gasteiger partial charge >= 0.3 is 5.97 Å². The van der Waals surface area contributed by atoms with Gasteiger partial charge in [0.2, 0.25) is 0 Å². The molecule has 1 fully saturated rings. The molecule has 1 aromatic carbocycles. The first-order chi connectivity index (χ1) is 10.4. The molecule has 1 saturated heterocycles. The molecule has 6 nitrogen and oxygen atoms in total. The Morgan fingerprint density at radius 3 is 2.59 bits per heavy atom. The van der Waals surface area contributed by atoms with Crippen molar-refractivity contribution in [1.82, 2.24) is 10.2 Å². The molecule has 0 bridgehead atoms. The minimum absolute atomic E-state index is 0.280. The molecule has 0 saturated carbocycles. The normalized spacial score (nSPS) is 21.3. The van der Waals surface area contributed by atoms with Gasteiger partial charge in [0.05, 0.1) is 0 Å². The maximum Gasteiger partial charge on any atom is 0.326 e. The highest BCUT2D eigenvalue weighted by molar-refractivity contribution is 6.00. The smallest absolute Gasteiger partial charge is 0.326 e. The van der Waals surface area contributed by atoms with Crippen molar-refractivity contribution in [1.29, 1.82) is 0 Å². The SMILES string of the molecule is CNC(=O)c1cccc(C(=O)N2CCC(C)CC2C(=O)O)c1. The minimum Gasteiger partial charge on any atom is -0.480 e. The minimum atomic E-state index is -0.984. The fraction of sp³-hybridized carbons (Fsp3) is 0.438. The molecular weight excluding hydrogens is 284 g/mol. The summed E-state index contributed by atoms with van der Waals surface area (Å²) >= 11 is 0. The van der Waals surface area contributed by atoms with Crippen LogP contribution in [-0.4, -0.2) is 47.4 Å². The molecule has 22 heavy (non-hydrogen) atoms. The summed E-state index contributed by atoms with van der Waals surface area (Å²) in [5, 5.41) is 11.8. The highest BCUT2D eigenvalue weighted by atomic mass is 16.4. The van der Waals surface area contributed by atoms with Crippen LogP contribution in [0.4, 0.5) is 0 Å². The number of rotatable bonds is 3. The number of carboxylic acids is 1. The number of carboxylic acid groups (broad SMARTS) is 1. The monoisotopic (exact) mass is 304 g/mol. The van der Waals surface area contributed by atoms with Crippen LogP contribution in [-0.2, 0) is 4.79 Å². The van der Waals surface area contributed by atoms with Crippen molar-refractivity contribution in [2.45, 2.75) is 25.8 Å². The van der Waals surface area contributed by atoms with E-state index in [9.17, 15) is 19.5 Å². The fourth-order valence-corrected chi connectivity index (χ4v) is 2.72. The Morgan fingerprint density at radius 2 is 1.95 bits per heavy atom. The van der Waals surface area contributed by atoms with Gasteiger partial charge in [0.15, 0.2) is 0 Å². The average Bonchev–Trinajstić information content (AvgIpc) is 2.53. The van der Waals surface area contributed by atoms with Crippen molar-refractivity contribution in [2.24, 2.45) is 5.92 Å². The molecule has 2 rings (SSSR count). The van der Waals surface area contributed by atoms with E-state index in [1.807, 2.05) is 6.92 Å². The first kappa shape index (κ1) is 16.0. The highest BCUT2D eigenvalue weighted by Gasteiger charge is 2.35. The molecule has 2 amide bonds. The zero-order chi connectivity index (χ0) is 16.3. The predicted octanol–water partition coefficient (Wildman–Crippen LogP) is 1.37. The number of likely N-dealkylation sites (tertiary alicyclic amines) is 1. The molecule has 0 aliphatic carbocycles. The Bertz CT molecular complexity index is 600. The molecule has 1 aliphatic heterocycles. The van der Waals surface area contributed by atoms with Crippen LogP contribution in [0.5, 0.6) is 0 Å². The van der Waals surface area contributed by atoms with Crippen LogP contribution < -0.4 is 5.32 Å². The van der Waals surface area contributed by atoms with Crippen molar-refractivity contribution >= 4 is 17.8 Å². The third-order valence-electron chi connectivity index (χ3n) is 4.01. The van der Waals surface area contributed by atoms with E-state index in [0.717, 1.165) is 6.42 Å². The summed E-state index contributed by atoms with van der Waals surface area (Å²) in [4.78, 5) is 37.1. The third kappa shape index (κ3) is 3.27. The molecule has 2 unspecified atom stereocenters. The van der Waals surface area contributed by atoms with E-state index < -0.39 is 12.0 Å². The Kier molecular flexibility index (Phi) is 4.80. The molecule has 6 heteroatoms. The third-order valence-corrected chi connectivity index (χ3v) is 4.01. The maximum absolute atomic E-state index is 12.6. The molecule has 1 aliphatic rings. The van der Waals surface area contributed by atoms with Gasteiger partial charge in [-0.25, -0.2) is 4.79 Å². The Hall–Kier alpha value is -2.37. The van der Waals surface area contributed by atoms with Gasteiger partial charge in [-0.15, -0.1) is 0 Å². The van der Waals surface area contributed by atoms with Gasteiger partial charge in [0, 0.05) is 24.7 Å². The number of carbonyl (C=O) groups excluding carboxylic acids is 2. The number of hydrogen-bond acceptors (Lipinski definition) is 3. The first-order valence-corrected chi connectivity index (χ1v) is 7.30. The van der Waals surface area contributed by atoms with E-state index in [1.165, 1.54) is 18.0 Å². The largest absolute Gasteiger partial charge is 0.480 e. The summed E-state index contributed by atoms with van der Waals surface area (Å²) < 4.78 is 0. The van der Waals surface area contributed by atoms with Gasteiger partial charge in [0.1, 0.15) is 6.04 Å². The fourth-order valence-electron chi connectivity index (χ4n) is 2.72. The molecular formula is C16H20N2O4. The molecule has 2 N–H and O–H groups in total. The van der Waals surface area contributed by atoms with E-state index in [2.05, 4.69) is 5.32 Å². The van der Waals surface area contributed by atoms with Crippen molar-refractivity contribution in [3.63, 3.8) is 0 Å². The second-order valence-corrected chi connectivity index (χ2v) is 5.64. The second kappa shape index (κ2) is 6.60. The number of amides is 2. The van der Waals surface area contributed by atoms with Crippen LogP contribution >= 0.6 is 0 Å². The van der Waals surface area contributed by atoms with Gasteiger partial charge in [-0.3, -0.25) is 9.59 Å². The standard InChI is InChI=1S/C16H20N2O4/c1-10-6-7-18(13(8-10)16(21)22)15(20)12-5-3-4-11(9-12)14(19)17-2/h3-5,9-10,13H,6-8H2,1-2H3,(H,17,19)(H,21,22). The van der Waals surface area contributed by atoms with Gasteiger partial charge in [0.25, 0.3) is 11.8 Å². The lowest BCUT2D eigenvalue weighted by Crippen LogP contribution is -2.49. The van der Waals surface area contributed by atoms with E-state index in [1.54, 1.807) is 18.2 Å². The molecule has 1 heterocycles. The maximum atomic E-state index is 12.6. The van der Waals surface area contributed by atoms with Gasteiger partial charge < -0.3 is 15.3 Å². The van der Waals surface area contributed by atoms with Crippen molar-refractivity contribution in [3.05, 3.63) is 35.4 Å². The zero-order valence-corrected chi connectivity index (χ0v) is 12.7. The number of carbonyl (C=O) groups is 3. The summed E-state index contributed by atoms with van der Waals surface area (Å²) in [6.45, 7) is 2.41. The Balaban J connectivity index is 2.26. The summed E-state index contributed by atoms with van der Waals surface area (Å²) in [6, 6.07) is 5.53. The van der Waals surface area contributed by atoms with Crippen LogP contribution in [0.3, 0.4) is 0 Å². The van der Waals surface area contributed by atoms with Crippen LogP contribution in [0.15, 0.2) is 24.3 Å². The van der Waals surface area contributed by atoms with E-state index >= 15 is 0 Å². The topological polar surface area (TPSA) is 86.7 Å². The van der Waals surface area contributed by atoms with E-state index in [-0.39, 0.29) is 17.7 Å². The van der Waals surface area contributed by atoms with Gasteiger partial charge in [-0.05, 0) is 37.0 Å². The lowest BCUT2D eigenvalue weighted by molar-refractivity contribution is -0.144. The van der Waals surface area contributed by atoms with Crippen molar-refractivity contribution < 1.29 is 19.5 Å². The molecule has 0 aromatic heterocycles. The number of benzene rings is 1. The van der Waals surface area contributed by atoms with Crippen LogP contribution in [0.1, 0.15) is 40.5 Å². The zero-order valence-electron chi connectivity index (χ0n) is 12.7. The second-order valence-electron chi connectivity index (χ2n) is 5.64. The summed E-state index contributed by atoms with van der Waals surface area (Å²) in [7, 11) is 1.52. The Morgan fingerprint density at radius 1 is 1.27 bits per heavy atom. The van der Waals surface area contributed by atoms with Crippen LogP contribution in [0.2, 0.25) is 0 Å². The highest BCUT2D eigenvalue weighted by Crippen LogP contribution is 2.24. The van der Waals surface area contributed by atoms with Crippen LogP contribution in [0.25, 0.3) is 0 Å². The number of piperidine rings is 1. The Labute approximate surface area is 129 Å². The molecule has 2 atom stereocenters. The number of nitrogens with zero attached hydrogens (tertiary/aromatic N) is 1. The number of hydrogen-bond donors (Lipinski definition) is 2. The molecule has 118 valence electrons.